The molecule has 0 aromatic heterocycles. The minimum atomic E-state index is -0.195. The zero-order valence-corrected chi connectivity index (χ0v) is 24.2. The molecule has 0 saturated heterocycles. The second kappa shape index (κ2) is 9.55. The van der Waals surface area contributed by atoms with Gasteiger partial charge in [0.15, 0.2) is 0 Å². The van der Waals surface area contributed by atoms with Gasteiger partial charge in [0.05, 0.1) is 11.6 Å². The van der Waals surface area contributed by atoms with Crippen molar-refractivity contribution in [3.63, 3.8) is 0 Å². The van der Waals surface area contributed by atoms with Gasteiger partial charge in [0.1, 0.15) is 0 Å². The fourth-order valence-corrected chi connectivity index (χ4v) is 7.17. The molecule has 0 heterocycles. The van der Waals surface area contributed by atoms with Crippen LogP contribution >= 0.6 is 0 Å². The van der Waals surface area contributed by atoms with Gasteiger partial charge in [-0.15, -0.1) is 0 Å². The third kappa shape index (κ3) is 3.84. The lowest BCUT2D eigenvalue weighted by Gasteiger charge is -2.23. The average Bonchev–Trinajstić information content (AvgIpc) is 3.29. The maximum Gasteiger partial charge on any atom is 0.0991 e. The first-order valence-corrected chi connectivity index (χ1v) is 14.8. The summed E-state index contributed by atoms with van der Waals surface area (Å²) in [6, 6.07) is 52.6. The van der Waals surface area contributed by atoms with Crippen molar-refractivity contribution in [3.05, 3.63) is 156 Å². The van der Waals surface area contributed by atoms with Crippen molar-refractivity contribution >= 4 is 21.5 Å². The molecule has 7 aromatic carbocycles. The number of fused-ring (bicyclic) bond motifs is 5. The van der Waals surface area contributed by atoms with Gasteiger partial charge in [0, 0.05) is 5.41 Å². The Kier molecular flexibility index (Phi) is 5.61. The second-order valence-corrected chi connectivity index (χ2v) is 12.0. The molecule has 1 aliphatic rings. The zero-order valence-electron chi connectivity index (χ0n) is 24.2. The van der Waals surface area contributed by atoms with Crippen LogP contribution in [0.3, 0.4) is 0 Å². The SMILES string of the molecule is CC1(C)c2cc(C#N)ccc2-c2ccc(-c3c4ccccc4c(-c4ccc(-c5ccccc5)cc4)c4ccccc34)cc21. The summed E-state index contributed by atoms with van der Waals surface area (Å²) in [5.41, 5.74) is 13.0. The number of rotatable bonds is 3. The van der Waals surface area contributed by atoms with Gasteiger partial charge in [0.25, 0.3) is 0 Å². The summed E-state index contributed by atoms with van der Waals surface area (Å²) in [7, 11) is 0. The van der Waals surface area contributed by atoms with Gasteiger partial charge < -0.3 is 0 Å². The molecule has 7 aromatic rings. The molecule has 0 spiro atoms. The van der Waals surface area contributed by atoms with Gasteiger partial charge in [-0.25, -0.2) is 0 Å². The lowest BCUT2D eigenvalue weighted by Crippen LogP contribution is -2.15. The summed E-state index contributed by atoms with van der Waals surface area (Å²) >= 11 is 0. The minimum Gasteiger partial charge on any atom is -0.192 e. The first kappa shape index (κ1) is 25.3. The Morgan fingerprint density at radius 1 is 0.442 bits per heavy atom. The standard InChI is InChI=1S/C42H29N/c1-42(2)38-24-27(26-43)16-22-32(38)33-23-21-31(25-39(33)42)41-36-14-8-6-12-34(36)40(35-13-7-9-15-37(35)41)30-19-17-29(18-20-30)28-10-4-3-5-11-28/h3-25H,1-2H3. The predicted octanol–water partition coefficient (Wildman–Crippen LogP) is 11.2. The van der Waals surface area contributed by atoms with Crippen molar-refractivity contribution < 1.29 is 0 Å². The third-order valence-corrected chi connectivity index (χ3v) is 9.31. The van der Waals surface area contributed by atoms with E-state index in [4.69, 9.17) is 0 Å². The molecule has 0 N–H and O–H groups in total. The van der Waals surface area contributed by atoms with Crippen LogP contribution in [0.5, 0.6) is 0 Å². The smallest absolute Gasteiger partial charge is 0.0991 e. The molecule has 1 nitrogen and oxygen atoms in total. The first-order valence-electron chi connectivity index (χ1n) is 14.8. The molecule has 0 radical (unpaired) electrons. The lowest BCUT2D eigenvalue weighted by atomic mass is 9.80. The van der Waals surface area contributed by atoms with Crippen LogP contribution < -0.4 is 0 Å². The molecule has 43 heavy (non-hydrogen) atoms. The quantitative estimate of drug-likeness (QED) is 0.202. The molecule has 202 valence electrons. The summed E-state index contributed by atoms with van der Waals surface area (Å²) < 4.78 is 0. The predicted molar refractivity (Wildman–Crippen MR) is 180 cm³/mol. The number of nitriles is 1. The van der Waals surface area contributed by atoms with E-state index in [1.165, 1.54) is 77.2 Å². The van der Waals surface area contributed by atoms with Crippen LogP contribution in [0.2, 0.25) is 0 Å². The molecule has 1 aliphatic carbocycles. The highest BCUT2D eigenvalue weighted by Gasteiger charge is 2.36. The summed E-state index contributed by atoms with van der Waals surface area (Å²) in [5.74, 6) is 0. The van der Waals surface area contributed by atoms with Gasteiger partial charge in [0.2, 0.25) is 0 Å². The van der Waals surface area contributed by atoms with Crippen molar-refractivity contribution in [1.82, 2.24) is 0 Å². The number of nitrogens with zero attached hydrogens (tertiary/aromatic N) is 1. The topological polar surface area (TPSA) is 23.8 Å². The second-order valence-electron chi connectivity index (χ2n) is 12.0. The minimum absolute atomic E-state index is 0.195. The van der Waals surface area contributed by atoms with Crippen LogP contribution in [0.25, 0.3) is 66.1 Å². The van der Waals surface area contributed by atoms with Crippen LogP contribution in [0, 0.1) is 11.3 Å². The van der Waals surface area contributed by atoms with Crippen LogP contribution in [0.1, 0.15) is 30.5 Å². The third-order valence-electron chi connectivity index (χ3n) is 9.31. The van der Waals surface area contributed by atoms with Crippen molar-refractivity contribution in [2.75, 3.05) is 0 Å². The number of hydrogen-bond acceptors (Lipinski definition) is 1. The van der Waals surface area contributed by atoms with Crippen molar-refractivity contribution in [2.45, 2.75) is 19.3 Å². The Morgan fingerprint density at radius 3 is 1.47 bits per heavy atom. The molecule has 1 heteroatoms. The normalized spacial score (nSPS) is 13.0. The van der Waals surface area contributed by atoms with E-state index in [2.05, 4.69) is 153 Å². The Morgan fingerprint density at radius 2 is 0.884 bits per heavy atom. The van der Waals surface area contributed by atoms with E-state index < -0.39 is 0 Å². The molecular formula is C42H29N. The van der Waals surface area contributed by atoms with Crippen LogP contribution in [0.4, 0.5) is 0 Å². The highest BCUT2D eigenvalue weighted by molar-refractivity contribution is 6.21. The van der Waals surface area contributed by atoms with Crippen LogP contribution in [-0.2, 0) is 5.41 Å². The van der Waals surface area contributed by atoms with Gasteiger partial charge in [-0.3, -0.25) is 0 Å². The molecule has 0 atom stereocenters. The van der Waals surface area contributed by atoms with Crippen molar-refractivity contribution in [2.24, 2.45) is 0 Å². The van der Waals surface area contributed by atoms with E-state index in [1.807, 2.05) is 6.07 Å². The summed E-state index contributed by atoms with van der Waals surface area (Å²) in [5, 5.41) is 14.6. The summed E-state index contributed by atoms with van der Waals surface area (Å²) in [4.78, 5) is 0. The van der Waals surface area contributed by atoms with Crippen LogP contribution in [0.15, 0.2) is 140 Å². The largest absolute Gasteiger partial charge is 0.192 e. The van der Waals surface area contributed by atoms with E-state index >= 15 is 0 Å². The summed E-state index contributed by atoms with van der Waals surface area (Å²) in [6.07, 6.45) is 0. The number of hydrogen-bond donors (Lipinski definition) is 0. The highest BCUT2D eigenvalue weighted by Crippen LogP contribution is 2.51. The molecule has 0 fully saturated rings. The molecule has 0 unspecified atom stereocenters. The first-order chi connectivity index (χ1) is 21.0. The molecular weight excluding hydrogens is 518 g/mol. The Balaban J connectivity index is 1.35. The van der Waals surface area contributed by atoms with E-state index in [0.717, 1.165) is 0 Å². The average molecular weight is 548 g/mol. The molecule has 0 amide bonds. The van der Waals surface area contributed by atoms with E-state index in [1.54, 1.807) is 0 Å². The number of benzene rings is 7. The highest BCUT2D eigenvalue weighted by atomic mass is 14.4. The van der Waals surface area contributed by atoms with Gasteiger partial charge in [-0.2, -0.15) is 5.26 Å². The Labute approximate surface area is 252 Å². The van der Waals surface area contributed by atoms with Gasteiger partial charge in [-0.05, 0) is 95.4 Å². The van der Waals surface area contributed by atoms with E-state index in [-0.39, 0.29) is 5.41 Å². The maximum absolute atomic E-state index is 9.57. The lowest BCUT2D eigenvalue weighted by molar-refractivity contribution is 0.660. The van der Waals surface area contributed by atoms with E-state index in [0.29, 0.717) is 5.56 Å². The molecule has 0 bridgehead atoms. The van der Waals surface area contributed by atoms with Gasteiger partial charge in [-0.1, -0.05) is 135 Å². The summed E-state index contributed by atoms with van der Waals surface area (Å²) in [6.45, 7) is 4.56. The van der Waals surface area contributed by atoms with Gasteiger partial charge >= 0.3 is 0 Å². The fraction of sp³-hybridized carbons (Fsp3) is 0.0714. The fourth-order valence-electron chi connectivity index (χ4n) is 7.17. The Bertz CT molecular complexity index is 2190. The van der Waals surface area contributed by atoms with Crippen LogP contribution in [-0.4, -0.2) is 0 Å². The van der Waals surface area contributed by atoms with Crippen molar-refractivity contribution in [3.8, 4) is 50.6 Å². The molecule has 0 aliphatic heterocycles. The molecule has 0 saturated carbocycles. The van der Waals surface area contributed by atoms with E-state index in [9.17, 15) is 5.26 Å². The molecule has 8 rings (SSSR count). The zero-order chi connectivity index (χ0) is 29.1. The monoisotopic (exact) mass is 547 g/mol. The van der Waals surface area contributed by atoms with Crippen molar-refractivity contribution in [1.29, 1.82) is 5.26 Å². The Hall–Kier alpha value is -5.45. The maximum atomic E-state index is 9.57.